The first-order valence-electron chi connectivity index (χ1n) is 5.69. The second-order valence-electron chi connectivity index (χ2n) is 4.24. The van der Waals surface area contributed by atoms with Crippen molar-refractivity contribution >= 4 is 27.7 Å². The Morgan fingerprint density at radius 2 is 1.76 bits per heavy atom. The van der Waals surface area contributed by atoms with Gasteiger partial charge < -0.3 is 0 Å². The van der Waals surface area contributed by atoms with Gasteiger partial charge in [0.15, 0.2) is 0 Å². The molecule has 0 spiro atoms. The Hall–Kier alpha value is -1.41. The summed E-state index contributed by atoms with van der Waals surface area (Å²) in [5, 5.41) is 0. The Bertz CT molecular complexity index is 535. The first kappa shape index (κ1) is 10.7. The third-order valence-electron chi connectivity index (χ3n) is 3.08. The van der Waals surface area contributed by atoms with E-state index in [1.165, 1.54) is 11.1 Å². The fourth-order valence-electron chi connectivity index (χ4n) is 2.15. The molecule has 17 heavy (non-hydrogen) atoms. The van der Waals surface area contributed by atoms with Crippen LogP contribution in [0.5, 0.6) is 0 Å². The van der Waals surface area contributed by atoms with Gasteiger partial charge in [-0.05, 0) is 23.3 Å². The topological polar surface area (TPSA) is 12.4 Å². The fourth-order valence-corrected chi connectivity index (χ4v) is 2.41. The predicted molar refractivity (Wildman–Crippen MR) is 76.2 cm³/mol. The van der Waals surface area contributed by atoms with E-state index in [-0.39, 0.29) is 0 Å². The number of dihydropyridines is 1. The van der Waals surface area contributed by atoms with Crippen LogP contribution in [-0.2, 0) is 0 Å². The summed E-state index contributed by atoms with van der Waals surface area (Å²) in [5.74, 6) is 0.406. The van der Waals surface area contributed by atoms with Crippen molar-refractivity contribution < 1.29 is 0 Å². The molecule has 0 saturated heterocycles. The minimum Gasteiger partial charge on any atom is -0.284 e. The van der Waals surface area contributed by atoms with E-state index in [9.17, 15) is 0 Å². The van der Waals surface area contributed by atoms with Crippen LogP contribution in [-0.4, -0.2) is 12.3 Å². The zero-order valence-electron chi connectivity index (χ0n) is 9.25. The number of allylic oxidation sites excluding steroid dienone is 3. The molecule has 0 N–H and O–H groups in total. The molecule has 2 aliphatic rings. The molecular formula is C15H12BrN. The summed E-state index contributed by atoms with van der Waals surface area (Å²) in [6.45, 7) is 0. The van der Waals surface area contributed by atoms with Gasteiger partial charge in [-0.2, -0.15) is 0 Å². The summed E-state index contributed by atoms with van der Waals surface area (Å²) in [5.41, 5.74) is 2.43. The van der Waals surface area contributed by atoms with E-state index in [0.717, 1.165) is 4.47 Å². The van der Waals surface area contributed by atoms with Gasteiger partial charge in [0, 0.05) is 16.6 Å². The molecule has 2 atom stereocenters. The van der Waals surface area contributed by atoms with E-state index in [1.807, 2.05) is 6.21 Å². The normalized spacial score (nSPS) is 25.6. The van der Waals surface area contributed by atoms with Crippen molar-refractivity contribution in [1.29, 1.82) is 0 Å². The minimum atomic E-state index is 0.291. The standard InChI is InChI=1S/C15H12BrN/c16-14-7-5-11(6-8-14)13-9-12-3-1-2-4-15(12)17-10-13/h1-10,12,15H. The molecule has 1 heterocycles. The Morgan fingerprint density at radius 3 is 2.59 bits per heavy atom. The SMILES string of the molecule is Brc1ccc(C2=CC3C=CC=CC3N=C2)cc1. The van der Waals surface area contributed by atoms with Crippen LogP contribution in [0.15, 0.2) is 64.1 Å². The molecule has 0 bridgehead atoms. The molecule has 0 fully saturated rings. The van der Waals surface area contributed by atoms with Gasteiger partial charge in [-0.3, -0.25) is 4.99 Å². The fraction of sp³-hybridized carbons (Fsp3) is 0.133. The lowest BCUT2D eigenvalue weighted by atomic mass is 9.89. The maximum Gasteiger partial charge on any atom is 0.0780 e. The van der Waals surface area contributed by atoms with Crippen molar-refractivity contribution in [3.63, 3.8) is 0 Å². The highest BCUT2D eigenvalue weighted by molar-refractivity contribution is 9.10. The lowest BCUT2D eigenvalue weighted by Crippen LogP contribution is -2.18. The molecule has 1 aromatic rings. The summed E-state index contributed by atoms with van der Waals surface area (Å²) < 4.78 is 1.10. The zero-order valence-corrected chi connectivity index (χ0v) is 10.8. The predicted octanol–water partition coefficient (Wildman–Crippen LogP) is 4.03. The van der Waals surface area contributed by atoms with E-state index in [0.29, 0.717) is 12.0 Å². The van der Waals surface area contributed by atoms with Crippen LogP contribution in [0.3, 0.4) is 0 Å². The average Bonchev–Trinajstić information content (AvgIpc) is 2.39. The molecule has 0 radical (unpaired) electrons. The zero-order chi connectivity index (χ0) is 11.7. The van der Waals surface area contributed by atoms with E-state index < -0.39 is 0 Å². The first-order chi connectivity index (χ1) is 8.33. The van der Waals surface area contributed by atoms with Gasteiger partial charge in [0.25, 0.3) is 0 Å². The van der Waals surface area contributed by atoms with Crippen molar-refractivity contribution in [3.05, 3.63) is 64.7 Å². The molecule has 0 saturated carbocycles. The van der Waals surface area contributed by atoms with Crippen molar-refractivity contribution in [2.75, 3.05) is 0 Å². The summed E-state index contributed by atoms with van der Waals surface area (Å²) in [7, 11) is 0. The smallest absolute Gasteiger partial charge is 0.0780 e. The Balaban J connectivity index is 1.93. The number of hydrogen-bond acceptors (Lipinski definition) is 1. The Morgan fingerprint density at radius 1 is 1.00 bits per heavy atom. The molecule has 84 valence electrons. The number of rotatable bonds is 1. The second-order valence-corrected chi connectivity index (χ2v) is 5.16. The van der Waals surface area contributed by atoms with E-state index >= 15 is 0 Å². The molecule has 2 unspecified atom stereocenters. The van der Waals surface area contributed by atoms with Crippen LogP contribution < -0.4 is 0 Å². The maximum atomic E-state index is 4.59. The van der Waals surface area contributed by atoms with Gasteiger partial charge in [0.1, 0.15) is 0 Å². The summed E-state index contributed by atoms with van der Waals surface area (Å²) in [6, 6.07) is 8.65. The molecule has 0 amide bonds. The van der Waals surface area contributed by atoms with Gasteiger partial charge in [0.2, 0.25) is 0 Å². The number of benzene rings is 1. The number of aliphatic imine (C=N–C) groups is 1. The largest absolute Gasteiger partial charge is 0.284 e. The van der Waals surface area contributed by atoms with Crippen molar-refractivity contribution in [2.45, 2.75) is 6.04 Å². The van der Waals surface area contributed by atoms with E-state index in [4.69, 9.17) is 0 Å². The number of halogens is 1. The Labute approximate surface area is 109 Å². The average molecular weight is 286 g/mol. The highest BCUT2D eigenvalue weighted by Crippen LogP contribution is 2.27. The van der Waals surface area contributed by atoms with E-state index in [2.05, 4.69) is 75.6 Å². The number of nitrogens with zero attached hydrogens (tertiary/aromatic N) is 1. The molecule has 1 aliphatic carbocycles. The van der Waals surface area contributed by atoms with Crippen molar-refractivity contribution in [2.24, 2.45) is 10.9 Å². The van der Waals surface area contributed by atoms with Crippen molar-refractivity contribution in [3.8, 4) is 0 Å². The van der Waals surface area contributed by atoms with Crippen molar-refractivity contribution in [1.82, 2.24) is 0 Å². The van der Waals surface area contributed by atoms with Crippen LogP contribution >= 0.6 is 15.9 Å². The molecule has 1 aromatic carbocycles. The second kappa shape index (κ2) is 4.46. The van der Waals surface area contributed by atoms with Crippen LogP contribution in [0.1, 0.15) is 5.56 Å². The first-order valence-corrected chi connectivity index (χ1v) is 6.48. The van der Waals surface area contributed by atoms with Gasteiger partial charge >= 0.3 is 0 Å². The molecule has 1 nitrogen and oxygen atoms in total. The van der Waals surface area contributed by atoms with Crippen LogP contribution in [0.4, 0.5) is 0 Å². The molecule has 1 aliphatic heterocycles. The van der Waals surface area contributed by atoms with Crippen LogP contribution in [0, 0.1) is 5.92 Å². The number of hydrogen-bond donors (Lipinski definition) is 0. The minimum absolute atomic E-state index is 0.291. The van der Waals surface area contributed by atoms with E-state index in [1.54, 1.807) is 0 Å². The lowest BCUT2D eigenvalue weighted by molar-refractivity contribution is 0.685. The molecule has 2 heteroatoms. The van der Waals surface area contributed by atoms with Crippen LogP contribution in [0.25, 0.3) is 5.57 Å². The van der Waals surface area contributed by atoms with Gasteiger partial charge in [0.05, 0.1) is 6.04 Å². The molecular weight excluding hydrogens is 274 g/mol. The van der Waals surface area contributed by atoms with Crippen LogP contribution in [0.2, 0.25) is 0 Å². The third-order valence-corrected chi connectivity index (χ3v) is 3.61. The monoisotopic (exact) mass is 285 g/mol. The summed E-state index contributed by atoms with van der Waals surface area (Å²) in [6.07, 6.45) is 12.8. The lowest BCUT2D eigenvalue weighted by Gasteiger charge is -2.22. The maximum absolute atomic E-state index is 4.59. The molecule has 3 rings (SSSR count). The third kappa shape index (κ3) is 2.18. The molecule has 0 aromatic heterocycles. The highest BCUT2D eigenvalue weighted by Gasteiger charge is 2.19. The van der Waals surface area contributed by atoms with Gasteiger partial charge in [-0.15, -0.1) is 0 Å². The van der Waals surface area contributed by atoms with Gasteiger partial charge in [-0.25, -0.2) is 0 Å². The highest BCUT2D eigenvalue weighted by atomic mass is 79.9. The number of fused-ring (bicyclic) bond motifs is 1. The quantitative estimate of drug-likeness (QED) is 0.739. The summed E-state index contributed by atoms with van der Waals surface area (Å²) >= 11 is 3.45. The summed E-state index contributed by atoms with van der Waals surface area (Å²) in [4.78, 5) is 4.59. The Kier molecular flexibility index (Phi) is 2.81. The van der Waals surface area contributed by atoms with Gasteiger partial charge in [-0.1, -0.05) is 58.4 Å².